The Morgan fingerprint density at radius 1 is 1.55 bits per heavy atom. The Bertz CT molecular complexity index is 526. The van der Waals surface area contributed by atoms with Crippen molar-refractivity contribution >= 4 is 17.2 Å². The van der Waals surface area contributed by atoms with E-state index in [2.05, 4.69) is 18.8 Å². The number of carbonyl (C=O) groups excluding carboxylic acids is 1. The molecule has 1 aromatic rings. The van der Waals surface area contributed by atoms with Crippen LogP contribution in [0.3, 0.4) is 0 Å². The molecule has 2 atom stereocenters. The Morgan fingerprint density at radius 3 is 3.05 bits per heavy atom. The molecule has 1 aromatic heterocycles. The number of rotatable bonds is 2. The highest BCUT2D eigenvalue weighted by Gasteiger charge is 2.27. The van der Waals surface area contributed by atoms with Crippen molar-refractivity contribution < 1.29 is 9.90 Å². The molecule has 20 heavy (non-hydrogen) atoms. The van der Waals surface area contributed by atoms with Gasteiger partial charge >= 0.3 is 0 Å². The average Bonchev–Trinajstić information content (AvgIpc) is 2.91. The third-order valence-corrected chi connectivity index (χ3v) is 4.84. The zero-order chi connectivity index (χ0) is 14.5. The third kappa shape index (κ3) is 3.41. The van der Waals surface area contributed by atoms with Gasteiger partial charge in [-0.2, -0.15) is 0 Å². The van der Waals surface area contributed by atoms with E-state index in [1.165, 1.54) is 24.2 Å². The summed E-state index contributed by atoms with van der Waals surface area (Å²) in [7, 11) is 1.90. The summed E-state index contributed by atoms with van der Waals surface area (Å²) in [6.45, 7) is 2.08. The molecule has 1 N–H and O–H groups in total. The molecule has 0 bridgehead atoms. The maximum Gasteiger partial charge on any atom is 0.265 e. The van der Waals surface area contributed by atoms with Crippen molar-refractivity contribution in [3.63, 3.8) is 0 Å². The van der Waals surface area contributed by atoms with Crippen molar-refractivity contribution in [2.75, 3.05) is 13.7 Å². The number of aliphatic hydroxyl groups excluding tert-OH is 1. The van der Waals surface area contributed by atoms with Crippen molar-refractivity contribution in [3.8, 4) is 11.8 Å². The van der Waals surface area contributed by atoms with Gasteiger partial charge in [0.2, 0.25) is 0 Å². The molecule has 4 heteroatoms. The first-order valence-corrected chi connectivity index (χ1v) is 7.95. The Hall–Kier alpha value is -1.31. The van der Waals surface area contributed by atoms with Crippen LogP contribution in [0.1, 0.15) is 47.8 Å². The molecule has 1 aliphatic carbocycles. The highest BCUT2D eigenvalue weighted by Crippen LogP contribution is 2.28. The number of hydrogen-bond acceptors (Lipinski definition) is 3. The highest BCUT2D eigenvalue weighted by molar-refractivity contribution is 7.12. The standard InChI is InChI=1S/C16H21NO2S/c1-12-5-3-7-14(11-12)17(2)16(19)15-13(6-4-9-18)8-10-20-15/h8,10,12,14,18H,3,5,7,9,11H2,1-2H3. The largest absolute Gasteiger partial charge is 0.384 e. The number of aliphatic hydroxyl groups is 1. The summed E-state index contributed by atoms with van der Waals surface area (Å²) in [6, 6.07) is 2.18. The first-order chi connectivity index (χ1) is 9.63. The molecular formula is C16H21NO2S. The lowest BCUT2D eigenvalue weighted by Gasteiger charge is -2.34. The van der Waals surface area contributed by atoms with Crippen LogP contribution in [0.15, 0.2) is 11.4 Å². The Kier molecular flexibility index (Phi) is 5.22. The highest BCUT2D eigenvalue weighted by atomic mass is 32.1. The van der Waals surface area contributed by atoms with Crippen LogP contribution in [0.2, 0.25) is 0 Å². The Balaban J connectivity index is 2.12. The first kappa shape index (κ1) is 15.1. The molecule has 0 aliphatic heterocycles. The van der Waals surface area contributed by atoms with Crippen LogP contribution in [0, 0.1) is 17.8 Å². The molecule has 1 amide bonds. The van der Waals surface area contributed by atoms with Gasteiger partial charge in [0.15, 0.2) is 0 Å². The normalized spacial score (nSPS) is 21.9. The van der Waals surface area contributed by atoms with Crippen molar-refractivity contribution in [2.45, 2.75) is 38.6 Å². The van der Waals surface area contributed by atoms with Gasteiger partial charge in [0.05, 0.1) is 0 Å². The van der Waals surface area contributed by atoms with Gasteiger partial charge in [-0.25, -0.2) is 0 Å². The van der Waals surface area contributed by atoms with E-state index < -0.39 is 0 Å². The number of thiophene rings is 1. The summed E-state index contributed by atoms with van der Waals surface area (Å²) in [6.07, 6.45) is 4.65. The minimum atomic E-state index is -0.181. The molecule has 2 unspecified atom stereocenters. The summed E-state index contributed by atoms with van der Waals surface area (Å²) >= 11 is 1.43. The van der Waals surface area contributed by atoms with E-state index in [4.69, 9.17) is 5.11 Å². The molecule has 0 aromatic carbocycles. The fourth-order valence-corrected chi connectivity index (χ4v) is 3.62. The lowest BCUT2D eigenvalue weighted by atomic mass is 9.86. The third-order valence-electron chi connectivity index (χ3n) is 3.94. The number of nitrogens with zero attached hydrogens (tertiary/aromatic N) is 1. The van der Waals surface area contributed by atoms with E-state index in [9.17, 15) is 4.79 Å². The fraction of sp³-hybridized carbons (Fsp3) is 0.562. The van der Waals surface area contributed by atoms with Gasteiger partial charge in [0.1, 0.15) is 11.5 Å². The number of hydrogen-bond donors (Lipinski definition) is 1. The molecule has 3 nitrogen and oxygen atoms in total. The van der Waals surface area contributed by atoms with E-state index in [0.29, 0.717) is 16.8 Å². The Morgan fingerprint density at radius 2 is 2.35 bits per heavy atom. The van der Waals surface area contributed by atoms with E-state index in [0.717, 1.165) is 18.4 Å². The van der Waals surface area contributed by atoms with E-state index in [1.54, 1.807) is 0 Å². The van der Waals surface area contributed by atoms with Gasteiger partial charge in [0, 0.05) is 18.7 Å². The summed E-state index contributed by atoms with van der Waals surface area (Å²) in [5, 5.41) is 10.7. The second-order valence-corrected chi connectivity index (χ2v) is 6.38. The van der Waals surface area contributed by atoms with Gasteiger partial charge in [-0.15, -0.1) is 11.3 Å². The van der Waals surface area contributed by atoms with E-state index in [1.807, 2.05) is 23.4 Å². The number of amides is 1. The Labute approximate surface area is 124 Å². The zero-order valence-electron chi connectivity index (χ0n) is 12.1. The molecule has 1 saturated carbocycles. The summed E-state index contributed by atoms with van der Waals surface area (Å²) < 4.78 is 0. The van der Waals surface area contributed by atoms with Crippen LogP contribution in [0.25, 0.3) is 0 Å². The topological polar surface area (TPSA) is 40.5 Å². The van der Waals surface area contributed by atoms with Gasteiger partial charge in [0.25, 0.3) is 5.91 Å². The molecule has 1 heterocycles. The molecule has 0 saturated heterocycles. The fourth-order valence-electron chi connectivity index (χ4n) is 2.79. The zero-order valence-corrected chi connectivity index (χ0v) is 12.9. The average molecular weight is 291 g/mol. The predicted octanol–water partition coefficient (Wildman–Crippen LogP) is 2.74. The molecule has 0 radical (unpaired) electrons. The van der Waals surface area contributed by atoms with Crippen LogP contribution >= 0.6 is 11.3 Å². The van der Waals surface area contributed by atoms with E-state index in [-0.39, 0.29) is 12.5 Å². The summed E-state index contributed by atoms with van der Waals surface area (Å²) in [5.41, 5.74) is 0.727. The maximum absolute atomic E-state index is 12.6. The van der Waals surface area contributed by atoms with Crippen LogP contribution in [0.5, 0.6) is 0 Å². The van der Waals surface area contributed by atoms with Gasteiger partial charge in [-0.1, -0.05) is 31.6 Å². The quantitative estimate of drug-likeness (QED) is 0.851. The van der Waals surface area contributed by atoms with Crippen LogP contribution in [0.4, 0.5) is 0 Å². The SMILES string of the molecule is CC1CCCC(N(C)C(=O)c2sccc2C#CCO)C1. The molecule has 0 spiro atoms. The molecular weight excluding hydrogens is 270 g/mol. The summed E-state index contributed by atoms with van der Waals surface area (Å²) in [4.78, 5) is 15.2. The second kappa shape index (κ2) is 6.92. The van der Waals surface area contributed by atoms with Crippen LogP contribution in [-0.2, 0) is 0 Å². The van der Waals surface area contributed by atoms with Gasteiger partial charge in [-0.05, 0) is 30.2 Å². The lowest BCUT2D eigenvalue weighted by Crippen LogP contribution is -2.39. The van der Waals surface area contributed by atoms with Crippen LogP contribution in [-0.4, -0.2) is 35.6 Å². The van der Waals surface area contributed by atoms with Crippen molar-refractivity contribution in [3.05, 3.63) is 21.9 Å². The van der Waals surface area contributed by atoms with Gasteiger partial charge < -0.3 is 10.0 Å². The molecule has 108 valence electrons. The van der Waals surface area contributed by atoms with Crippen LogP contribution < -0.4 is 0 Å². The molecule has 2 rings (SSSR count). The monoisotopic (exact) mass is 291 g/mol. The first-order valence-electron chi connectivity index (χ1n) is 7.08. The molecule has 1 aliphatic rings. The number of carbonyl (C=O) groups is 1. The lowest BCUT2D eigenvalue weighted by molar-refractivity contribution is 0.0677. The minimum Gasteiger partial charge on any atom is -0.384 e. The van der Waals surface area contributed by atoms with Gasteiger partial charge in [-0.3, -0.25) is 4.79 Å². The summed E-state index contributed by atoms with van der Waals surface area (Å²) in [5.74, 6) is 6.22. The van der Waals surface area contributed by atoms with Crippen molar-refractivity contribution in [1.29, 1.82) is 0 Å². The maximum atomic E-state index is 12.6. The van der Waals surface area contributed by atoms with Crippen molar-refractivity contribution in [2.24, 2.45) is 5.92 Å². The second-order valence-electron chi connectivity index (χ2n) is 5.46. The van der Waals surface area contributed by atoms with Crippen molar-refractivity contribution in [1.82, 2.24) is 4.90 Å². The molecule has 1 fully saturated rings. The van der Waals surface area contributed by atoms with E-state index >= 15 is 0 Å². The minimum absolute atomic E-state index is 0.0568. The smallest absolute Gasteiger partial charge is 0.265 e. The predicted molar refractivity (Wildman–Crippen MR) is 81.8 cm³/mol.